The Labute approximate surface area is 552 Å². The predicted octanol–water partition coefficient (Wildman–Crippen LogP) is 22.4. The van der Waals surface area contributed by atoms with E-state index in [4.69, 9.17) is 4.11 Å². The number of aromatic nitrogens is 1. The molecule has 13 aromatic rings. The zero-order valence-electron chi connectivity index (χ0n) is 59.9. The van der Waals surface area contributed by atoms with Gasteiger partial charge < -0.3 is 14.4 Å². The maximum atomic E-state index is 9.55. The van der Waals surface area contributed by atoms with Gasteiger partial charge in [0.25, 0.3) is 6.71 Å². The summed E-state index contributed by atoms with van der Waals surface area (Å²) < 4.78 is 48.4. The Morgan fingerprint density at radius 3 is 1.29 bits per heavy atom. The lowest BCUT2D eigenvalue weighted by atomic mass is 9.33. The molecule has 3 nitrogen and oxygen atoms in total. The van der Waals surface area contributed by atoms with Crippen LogP contribution in [0.2, 0.25) is 0 Å². The molecule has 0 unspecified atom stereocenters. The summed E-state index contributed by atoms with van der Waals surface area (Å²) >= 11 is 0. The molecule has 3 heterocycles. The molecule has 0 amide bonds. The van der Waals surface area contributed by atoms with Crippen LogP contribution in [0, 0.1) is 0 Å². The second-order valence-electron chi connectivity index (χ2n) is 29.5. The molecule has 2 aliphatic rings. The zero-order chi connectivity index (χ0) is 67.9. The van der Waals surface area contributed by atoms with E-state index >= 15 is 0 Å². The van der Waals surface area contributed by atoms with Gasteiger partial charge in [0, 0.05) is 50.3 Å². The molecule has 15 rings (SSSR count). The van der Waals surface area contributed by atoms with Gasteiger partial charge in [-0.1, -0.05) is 283 Å². The summed E-state index contributed by atoms with van der Waals surface area (Å²) in [5, 5.41) is 2.26. The van der Waals surface area contributed by atoms with Gasteiger partial charge in [0.05, 0.1) is 29.3 Å². The van der Waals surface area contributed by atoms with E-state index in [2.05, 4.69) is 328 Å². The van der Waals surface area contributed by atoms with E-state index in [1.54, 1.807) is 0 Å². The van der Waals surface area contributed by atoms with Crippen LogP contribution in [0.1, 0.15) is 112 Å². The van der Waals surface area contributed by atoms with Crippen molar-refractivity contribution in [2.75, 3.05) is 9.80 Å². The second-order valence-corrected chi connectivity index (χ2v) is 29.5. The average molecular weight is 1200 g/mol. The fourth-order valence-electron chi connectivity index (χ4n) is 14.2. The number of rotatable bonds is 8. The third-order valence-electron chi connectivity index (χ3n) is 19.2. The lowest BCUT2D eigenvalue weighted by Crippen LogP contribution is -2.61. The minimum absolute atomic E-state index is 0.134. The van der Waals surface area contributed by atoms with E-state index in [-0.39, 0.29) is 52.7 Å². The van der Waals surface area contributed by atoms with Crippen LogP contribution < -0.4 is 26.2 Å². The highest BCUT2D eigenvalue weighted by Gasteiger charge is 2.46. The first-order valence-corrected chi connectivity index (χ1v) is 32.5. The summed E-state index contributed by atoms with van der Waals surface area (Å²) in [4.78, 5) is 5.12. The van der Waals surface area contributed by atoms with Crippen LogP contribution in [-0.4, -0.2) is 11.3 Å². The molecule has 2 aliphatic heterocycles. The topological polar surface area (TPSA) is 11.4 Å². The van der Waals surface area contributed by atoms with Gasteiger partial charge in [0.2, 0.25) is 0 Å². The van der Waals surface area contributed by atoms with Crippen molar-refractivity contribution in [3.63, 3.8) is 0 Å². The van der Waals surface area contributed by atoms with Crippen molar-refractivity contribution in [3.05, 3.63) is 289 Å². The van der Waals surface area contributed by atoms with Crippen LogP contribution >= 0.6 is 0 Å². The zero-order valence-corrected chi connectivity index (χ0v) is 54.9. The van der Waals surface area contributed by atoms with Crippen molar-refractivity contribution in [2.24, 2.45) is 0 Å². The molecule has 92 heavy (non-hydrogen) atoms. The lowest BCUT2D eigenvalue weighted by Gasteiger charge is -2.46. The minimum atomic E-state index is -0.424. The van der Waals surface area contributed by atoms with Crippen molar-refractivity contribution in [1.82, 2.24) is 4.57 Å². The van der Waals surface area contributed by atoms with Gasteiger partial charge in [0.1, 0.15) is 0 Å². The Morgan fingerprint density at radius 1 is 0.315 bits per heavy atom. The maximum Gasteiger partial charge on any atom is 0.252 e. The SMILES string of the molecule is [2H]c1c([2H])c([2H])c(-c2ccc3c(c2)N(c2c(-c4ccccc4)cc(C(C)(C)C)cc2-c2ccccc2)c2cc(C(C)(C)C)cc4c2B3c2ccc(-c3cc(C(C)(C)C)cc(C(C)(C)C)c3)cc2N4c2cc(-c3ccccc3)cc3c2c2ccccc2n3-c2ccccc2)c([2H])c1[2H]. The third kappa shape index (κ3) is 10.1. The first-order chi connectivity index (χ1) is 46.2. The number of para-hydroxylation sites is 2. The number of hydrogen-bond acceptors (Lipinski definition) is 2. The van der Waals surface area contributed by atoms with Crippen LogP contribution in [0.25, 0.3) is 83.1 Å². The smallest absolute Gasteiger partial charge is 0.252 e. The van der Waals surface area contributed by atoms with Gasteiger partial charge in [0.15, 0.2) is 0 Å². The molecular formula is C88H80BN3. The van der Waals surface area contributed by atoms with Crippen LogP contribution in [0.15, 0.2) is 267 Å². The van der Waals surface area contributed by atoms with Crippen molar-refractivity contribution in [2.45, 2.75) is 105 Å². The summed E-state index contributed by atoms with van der Waals surface area (Å²) in [6.07, 6.45) is 0. The van der Waals surface area contributed by atoms with Crippen molar-refractivity contribution < 1.29 is 6.85 Å². The van der Waals surface area contributed by atoms with Gasteiger partial charge in [-0.3, -0.25) is 0 Å². The average Bonchev–Trinajstić information content (AvgIpc) is 1.48. The monoisotopic (exact) mass is 1190 g/mol. The minimum Gasteiger partial charge on any atom is -0.311 e. The molecule has 0 fully saturated rings. The Morgan fingerprint density at radius 2 is 0.750 bits per heavy atom. The molecule has 0 saturated heterocycles. The van der Waals surface area contributed by atoms with Gasteiger partial charge in [-0.15, -0.1) is 0 Å². The van der Waals surface area contributed by atoms with Crippen molar-refractivity contribution in [1.29, 1.82) is 0 Å². The Bertz CT molecular complexity index is 5200. The Kier molecular flexibility index (Phi) is 12.6. The molecule has 4 heteroatoms. The summed E-state index contributed by atoms with van der Waals surface area (Å²) in [5.41, 5.74) is 25.7. The molecule has 0 saturated carbocycles. The lowest BCUT2D eigenvalue weighted by molar-refractivity contribution is 0.569. The van der Waals surface area contributed by atoms with Gasteiger partial charge in [-0.2, -0.15) is 0 Å². The van der Waals surface area contributed by atoms with Gasteiger partial charge >= 0.3 is 0 Å². The second kappa shape index (κ2) is 21.9. The van der Waals surface area contributed by atoms with Gasteiger partial charge in [-0.25, -0.2) is 0 Å². The molecule has 0 aliphatic carbocycles. The highest BCUT2D eigenvalue weighted by molar-refractivity contribution is 7.00. The van der Waals surface area contributed by atoms with Gasteiger partial charge in [-0.05, 0) is 172 Å². The Balaban J connectivity index is 1.15. The number of anilines is 6. The quantitative estimate of drug-likeness (QED) is 0.141. The molecule has 12 aromatic carbocycles. The van der Waals surface area contributed by atoms with Crippen molar-refractivity contribution in [3.8, 4) is 61.3 Å². The molecule has 0 bridgehead atoms. The van der Waals surface area contributed by atoms with E-state index < -0.39 is 11.5 Å². The standard InChI is InChI=1S/C88H80BN3/c1-85(2,3)65-46-63(47-66(52-65)86(4,5)6)62-43-45-73-76(49-62)91(79-51-64(58-32-20-14-21-33-58)50-78-82(79)70-40-28-29-41-75(70)90(78)69-38-26-17-27-39-69)80-55-68(88(10,11)12)56-81-83(80)89(73)74-44-42-61(57-30-18-13-19-31-57)48-77(74)92(81)84-71(59-34-22-15-23-35-59)53-67(87(7,8)9)54-72(84)60-36-24-16-25-37-60/h13-56H,1-12H3/i13D,18D,19D,30D,31D. The normalized spacial score (nSPS) is 13.9. The van der Waals surface area contributed by atoms with E-state index in [0.717, 1.165) is 128 Å². The largest absolute Gasteiger partial charge is 0.311 e. The molecule has 0 radical (unpaired) electrons. The number of fused-ring (bicyclic) bond motifs is 7. The van der Waals surface area contributed by atoms with E-state index in [9.17, 15) is 2.74 Å². The molecule has 450 valence electrons. The fraction of sp³-hybridized carbons (Fsp3) is 0.182. The van der Waals surface area contributed by atoms with E-state index in [1.807, 2.05) is 6.07 Å². The highest BCUT2D eigenvalue weighted by atomic mass is 15.2. The summed E-state index contributed by atoms with van der Waals surface area (Å²) in [6, 6.07) is 85.6. The van der Waals surface area contributed by atoms with E-state index in [0.29, 0.717) is 5.56 Å². The number of nitrogens with zero attached hydrogens (tertiary/aromatic N) is 3. The van der Waals surface area contributed by atoms with Crippen molar-refractivity contribution >= 4 is 79.0 Å². The predicted molar refractivity (Wildman–Crippen MR) is 397 cm³/mol. The molecule has 1 aromatic heterocycles. The first kappa shape index (κ1) is 52.8. The summed E-state index contributed by atoms with van der Waals surface area (Å²) in [5.74, 6) is 0. The molecule has 0 N–H and O–H groups in total. The fourth-order valence-corrected chi connectivity index (χ4v) is 14.2. The molecular weight excluding hydrogens is 1110 g/mol. The molecule has 0 atom stereocenters. The summed E-state index contributed by atoms with van der Waals surface area (Å²) in [7, 11) is 0. The number of hydrogen-bond donors (Lipinski definition) is 0. The number of benzene rings is 12. The van der Waals surface area contributed by atoms with Crippen LogP contribution in [0.3, 0.4) is 0 Å². The maximum absolute atomic E-state index is 9.55. The Hall–Kier alpha value is -9.90. The molecule has 0 spiro atoms. The van der Waals surface area contributed by atoms with Crippen LogP contribution in [0.4, 0.5) is 34.1 Å². The highest BCUT2D eigenvalue weighted by Crippen LogP contribution is 2.55. The van der Waals surface area contributed by atoms with Crippen LogP contribution in [-0.2, 0) is 21.7 Å². The summed E-state index contributed by atoms with van der Waals surface area (Å²) in [6.45, 7) is 27.3. The van der Waals surface area contributed by atoms with E-state index in [1.165, 1.54) is 16.7 Å². The van der Waals surface area contributed by atoms with Crippen LogP contribution in [0.5, 0.6) is 0 Å². The first-order valence-electron chi connectivity index (χ1n) is 35.0. The third-order valence-corrected chi connectivity index (χ3v) is 19.2.